The molecule has 5 rings (SSSR count). The summed E-state index contributed by atoms with van der Waals surface area (Å²) in [4.78, 5) is 14.8. The highest BCUT2D eigenvalue weighted by Crippen LogP contribution is 2.42. The van der Waals surface area contributed by atoms with E-state index < -0.39 is 0 Å². The molecule has 0 unspecified atom stereocenters. The van der Waals surface area contributed by atoms with Gasteiger partial charge in [-0.25, -0.2) is 15.0 Å². The molecule has 0 fully saturated rings. The fraction of sp³-hybridized carbons (Fsp3) is 0.417. The number of aryl methyl sites for hydroxylation is 4. The molecule has 0 aliphatic carbocycles. The van der Waals surface area contributed by atoms with Crippen LogP contribution >= 0.6 is 0 Å². The van der Waals surface area contributed by atoms with Gasteiger partial charge in [-0.1, -0.05) is 113 Å². The molecule has 0 saturated carbocycles. The Balaban J connectivity index is 0.000000404. The number of phenols is 3. The Bertz CT molecular complexity index is 2200. The first-order valence-electron chi connectivity index (χ1n) is 18.9. The molecule has 0 aliphatic rings. The molecule has 0 spiro atoms. The second-order valence-corrected chi connectivity index (χ2v) is 19.1. The maximum Gasteiger partial charge on any atom is 0.167 e. The second kappa shape index (κ2) is 15.1. The van der Waals surface area contributed by atoms with Crippen LogP contribution in [0.2, 0.25) is 0 Å². The highest BCUT2D eigenvalue weighted by Gasteiger charge is 2.27. The molecule has 0 amide bonds. The van der Waals surface area contributed by atoms with Gasteiger partial charge in [0.25, 0.3) is 0 Å². The van der Waals surface area contributed by atoms with Gasteiger partial charge < -0.3 is 15.3 Å². The Morgan fingerprint density at radius 1 is 0.436 bits per heavy atom. The molecule has 0 bridgehead atoms. The van der Waals surface area contributed by atoms with Crippen molar-refractivity contribution in [1.29, 1.82) is 5.26 Å². The van der Waals surface area contributed by atoms with Gasteiger partial charge in [-0.05, 0) is 102 Å². The minimum atomic E-state index is -0.280. The van der Waals surface area contributed by atoms with E-state index in [0.29, 0.717) is 34.2 Å². The van der Waals surface area contributed by atoms with Crippen LogP contribution in [0.5, 0.6) is 17.2 Å². The van der Waals surface area contributed by atoms with Crippen LogP contribution in [0.3, 0.4) is 0 Å². The van der Waals surface area contributed by atoms with Crippen LogP contribution in [-0.2, 0) is 21.7 Å². The second-order valence-electron chi connectivity index (χ2n) is 19.1. The molecule has 3 N–H and O–H groups in total. The monoisotopic (exact) mass is 740 g/mol. The van der Waals surface area contributed by atoms with E-state index in [4.69, 9.17) is 20.2 Å². The highest BCUT2D eigenvalue weighted by atomic mass is 16.3. The summed E-state index contributed by atoms with van der Waals surface area (Å²) in [7, 11) is 0. The molecule has 4 aromatic carbocycles. The summed E-state index contributed by atoms with van der Waals surface area (Å²) in [6, 6.07) is 19.9. The average Bonchev–Trinajstić information content (AvgIpc) is 3.05. The van der Waals surface area contributed by atoms with Gasteiger partial charge in [0.2, 0.25) is 0 Å². The molecule has 5 aromatic rings. The standard InChI is InChI=1S/C36H45N3O2.C12H15NO/c1-20-13-23(19-24(14-20)34(4,5)6)31-37-32(25-15-21(2)17-27(29(25)40)35(7,8)9)39-33(38-31)26-16-22(3)18-28(30(26)41)36(10,11)12;1-8-5-9(7-13)11(14)10(6-8)12(2,3)4/h13-19,40-41H,1-12H3;5-6,14H,1-4H3. The first-order chi connectivity index (χ1) is 25.1. The van der Waals surface area contributed by atoms with Crippen molar-refractivity contribution in [3.05, 3.63) is 105 Å². The van der Waals surface area contributed by atoms with Crippen molar-refractivity contribution >= 4 is 0 Å². The van der Waals surface area contributed by atoms with Crippen LogP contribution in [0.25, 0.3) is 34.2 Å². The molecule has 7 nitrogen and oxygen atoms in total. The lowest BCUT2D eigenvalue weighted by molar-refractivity contribution is 0.444. The summed E-state index contributed by atoms with van der Waals surface area (Å²) in [6.07, 6.45) is 0. The van der Waals surface area contributed by atoms with E-state index in [0.717, 1.165) is 44.5 Å². The van der Waals surface area contributed by atoms with Gasteiger partial charge in [0.05, 0.1) is 16.7 Å². The third kappa shape index (κ3) is 9.72. The van der Waals surface area contributed by atoms with Crippen molar-refractivity contribution < 1.29 is 15.3 Å². The van der Waals surface area contributed by atoms with E-state index in [1.54, 1.807) is 6.07 Å². The molecule has 55 heavy (non-hydrogen) atoms. The SMILES string of the molecule is Cc1cc(-c2nc(-c3cc(C)cc(C(C)(C)C)c3O)nc(-c3cc(C)cc(C(C)(C)C)c3O)n2)cc(C(C)(C)C)c1.Cc1cc(C#N)c(O)c(C(C)(C)C)c1. The van der Waals surface area contributed by atoms with Gasteiger partial charge in [0, 0.05) is 22.3 Å². The number of hydrogen-bond donors (Lipinski definition) is 3. The van der Waals surface area contributed by atoms with Gasteiger partial charge in [-0.15, -0.1) is 0 Å². The molecular weight excluding hydrogens is 681 g/mol. The minimum Gasteiger partial charge on any atom is -0.507 e. The Labute approximate surface area is 329 Å². The van der Waals surface area contributed by atoms with Crippen molar-refractivity contribution in [2.75, 3.05) is 0 Å². The van der Waals surface area contributed by atoms with Gasteiger partial charge in [-0.3, -0.25) is 0 Å². The highest BCUT2D eigenvalue weighted by molar-refractivity contribution is 5.75. The predicted molar refractivity (Wildman–Crippen MR) is 226 cm³/mol. The molecule has 0 aliphatic heterocycles. The number of benzene rings is 4. The van der Waals surface area contributed by atoms with Crippen molar-refractivity contribution in [3.63, 3.8) is 0 Å². The van der Waals surface area contributed by atoms with Crippen LogP contribution in [0, 0.1) is 39.0 Å². The van der Waals surface area contributed by atoms with Crippen molar-refractivity contribution in [1.82, 2.24) is 15.0 Å². The Morgan fingerprint density at radius 3 is 1.18 bits per heavy atom. The smallest absolute Gasteiger partial charge is 0.167 e. The van der Waals surface area contributed by atoms with Gasteiger partial charge in [-0.2, -0.15) is 5.26 Å². The lowest BCUT2D eigenvalue weighted by atomic mass is 9.83. The van der Waals surface area contributed by atoms with Crippen molar-refractivity contribution in [2.24, 2.45) is 0 Å². The molecule has 0 radical (unpaired) electrons. The molecule has 0 saturated heterocycles. The van der Waals surface area contributed by atoms with E-state index in [1.165, 1.54) is 5.56 Å². The van der Waals surface area contributed by atoms with E-state index in [9.17, 15) is 15.3 Å². The van der Waals surface area contributed by atoms with Crippen LogP contribution in [0.15, 0.2) is 54.6 Å². The fourth-order valence-corrected chi connectivity index (χ4v) is 6.57. The zero-order valence-electron chi connectivity index (χ0n) is 35.8. The summed E-state index contributed by atoms with van der Waals surface area (Å²) < 4.78 is 0. The molecule has 1 heterocycles. The maximum absolute atomic E-state index is 11.5. The zero-order chi connectivity index (χ0) is 41.6. The summed E-state index contributed by atoms with van der Waals surface area (Å²) in [5, 5.41) is 41.7. The van der Waals surface area contributed by atoms with E-state index in [1.807, 2.05) is 77.9 Å². The molecule has 0 atom stereocenters. The summed E-state index contributed by atoms with van der Waals surface area (Å²) in [6.45, 7) is 33.1. The fourth-order valence-electron chi connectivity index (χ4n) is 6.57. The molecule has 1 aromatic heterocycles. The number of hydrogen-bond acceptors (Lipinski definition) is 7. The van der Waals surface area contributed by atoms with Crippen LogP contribution < -0.4 is 0 Å². The third-order valence-corrected chi connectivity index (χ3v) is 9.63. The van der Waals surface area contributed by atoms with Crippen molar-refractivity contribution in [3.8, 4) is 57.5 Å². The Morgan fingerprint density at radius 2 is 0.800 bits per heavy atom. The molecular formula is C48H60N4O3. The maximum atomic E-state index is 11.5. The largest absolute Gasteiger partial charge is 0.507 e. The number of aromatic nitrogens is 3. The van der Waals surface area contributed by atoms with Crippen LogP contribution in [0.4, 0.5) is 0 Å². The third-order valence-electron chi connectivity index (χ3n) is 9.63. The lowest BCUT2D eigenvalue weighted by Gasteiger charge is -2.24. The van der Waals surface area contributed by atoms with Gasteiger partial charge in [0.15, 0.2) is 17.5 Å². The summed E-state index contributed by atoms with van der Waals surface area (Å²) in [5.74, 6) is 1.67. The van der Waals surface area contributed by atoms with E-state index in [-0.39, 0.29) is 38.9 Å². The first-order valence-corrected chi connectivity index (χ1v) is 18.9. The quantitative estimate of drug-likeness (QED) is 0.168. The van der Waals surface area contributed by atoms with Crippen LogP contribution in [-0.4, -0.2) is 30.3 Å². The number of nitrogens with zero attached hydrogens (tertiary/aromatic N) is 4. The Hall–Kier alpha value is -5.22. The normalized spacial score (nSPS) is 12.2. The zero-order valence-corrected chi connectivity index (χ0v) is 35.8. The van der Waals surface area contributed by atoms with Gasteiger partial charge >= 0.3 is 0 Å². The average molecular weight is 741 g/mol. The molecule has 290 valence electrons. The summed E-state index contributed by atoms with van der Waals surface area (Å²) in [5.41, 5.74) is 9.35. The van der Waals surface area contributed by atoms with Gasteiger partial charge in [0.1, 0.15) is 23.3 Å². The topological polar surface area (TPSA) is 123 Å². The lowest BCUT2D eigenvalue weighted by Crippen LogP contribution is -2.13. The number of phenolic OH excluding ortho intramolecular Hbond substituents is 3. The summed E-state index contributed by atoms with van der Waals surface area (Å²) >= 11 is 0. The molecule has 7 heteroatoms. The predicted octanol–water partition coefficient (Wildman–Crippen LogP) is 12.0. The Kier molecular flexibility index (Phi) is 11.7. The van der Waals surface area contributed by atoms with E-state index in [2.05, 4.69) is 87.4 Å². The van der Waals surface area contributed by atoms with Crippen molar-refractivity contribution in [2.45, 2.75) is 132 Å². The number of nitriles is 1. The number of rotatable bonds is 3. The van der Waals surface area contributed by atoms with Crippen LogP contribution in [0.1, 0.15) is 133 Å². The number of aromatic hydroxyl groups is 3. The minimum absolute atomic E-state index is 0.0632. The van der Waals surface area contributed by atoms with E-state index >= 15 is 0 Å². The first kappa shape index (κ1) is 42.5.